The standard InChI is InChI=1S/C44H64N2O3/c1-29(2)32-14-19-44(45-24-25-46-26-27-49-28-43(46)21-22-43)23-20-41(6)34(37(32)44)12-13-36-40(5)17-15-33(30-8-10-31(11-9-30)38(47)48)39(3,4)35(40)16-18-42(36,41)7/h8-11,15,32,34-37,45H,1,12-14,16-28H2,2-7H3,(H,47,48)/t32-,34+,35-,36+,37+,40-,41+,42+,44-/m0/s1. The van der Waals surface area contributed by atoms with Crippen LogP contribution in [0.2, 0.25) is 0 Å². The topological polar surface area (TPSA) is 61.8 Å². The quantitative estimate of drug-likeness (QED) is 0.284. The van der Waals surface area contributed by atoms with Crippen LogP contribution in [0.3, 0.4) is 0 Å². The number of nitrogens with zero attached hydrogens (tertiary/aromatic N) is 1. The van der Waals surface area contributed by atoms with Gasteiger partial charge in [0.2, 0.25) is 0 Å². The van der Waals surface area contributed by atoms with Crippen LogP contribution < -0.4 is 5.32 Å². The molecule has 0 radical (unpaired) electrons. The van der Waals surface area contributed by atoms with Crippen LogP contribution in [0.4, 0.5) is 0 Å². The Morgan fingerprint density at radius 2 is 1.69 bits per heavy atom. The first-order valence-electron chi connectivity index (χ1n) is 20.0. The Bertz CT molecular complexity index is 1520. The van der Waals surface area contributed by atoms with E-state index in [1.165, 1.54) is 80.9 Å². The molecule has 5 heteroatoms. The molecule has 1 aromatic rings. The van der Waals surface area contributed by atoms with E-state index >= 15 is 0 Å². The lowest BCUT2D eigenvalue weighted by Gasteiger charge is -2.72. The molecule has 0 amide bonds. The lowest BCUT2D eigenvalue weighted by molar-refractivity contribution is -0.219. The summed E-state index contributed by atoms with van der Waals surface area (Å²) in [5, 5.41) is 13.9. The van der Waals surface area contributed by atoms with Crippen molar-refractivity contribution in [2.75, 3.05) is 32.8 Å². The highest BCUT2D eigenvalue weighted by Gasteiger charge is 2.70. The van der Waals surface area contributed by atoms with E-state index in [1.807, 2.05) is 12.1 Å². The monoisotopic (exact) mass is 668 g/mol. The number of allylic oxidation sites excluding steroid dienone is 3. The van der Waals surface area contributed by atoms with Crippen molar-refractivity contribution in [2.24, 2.45) is 51.2 Å². The van der Waals surface area contributed by atoms with Gasteiger partial charge in [-0.15, -0.1) is 0 Å². The predicted molar refractivity (Wildman–Crippen MR) is 198 cm³/mol. The first kappa shape index (κ1) is 34.2. The second-order valence-electron chi connectivity index (χ2n) is 19.5. The fourth-order valence-electron chi connectivity index (χ4n) is 14.5. The SMILES string of the molecule is C=C(C)[C@@H]1CC[C@]2(NCCN3CCOCC34CC4)CC[C@]3(C)[C@H](CC[C@@H]4[C@@]5(C)CC=C(c6ccc(C(=O)O)cc6)C(C)(C)[C@@H]5CC[C@]43C)[C@@H]12. The molecule has 1 aromatic carbocycles. The van der Waals surface area contributed by atoms with Gasteiger partial charge < -0.3 is 15.2 Å². The lowest BCUT2D eigenvalue weighted by atomic mass is 9.33. The predicted octanol–water partition coefficient (Wildman–Crippen LogP) is 9.24. The van der Waals surface area contributed by atoms with Gasteiger partial charge in [-0.2, -0.15) is 0 Å². The molecule has 6 aliphatic carbocycles. The third-order valence-electron chi connectivity index (χ3n) is 17.3. The number of carboxylic acids is 1. The van der Waals surface area contributed by atoms with Gasteiger partial charge in [0, 0.05) is 30.7 Å². The van der Waals surface area contributed by atoms with E-state index in [4.69, 9.17) is 4.74 Å². The summed E-state index contributed by atoms with van der Waals surface area (Å²) in [7, 11) is 0. The van der Waals surface area contributed by atoms with Crippen LogP contribution in [-0.4, -0.2) is 59.9 Å². The van der Waals surface area contributed by atoms with Crippen molar-refractivity contribution >= 4 is 11.5 Å². The highest BCUT2D eigenvalue weighted by Crippen LogP contribution is 2.76. The number of rotatable bonds is 7. The Balaban J connectivity index is 1.06. The third kappa shape index (κ3) is 4.90. The molecule has 9 atom stereocenters. The van der Waals surface area contributed by atoms with Crippen LogP contribution in [0.15, 0.2) is 42.5 Å². The Labute approximate surface area is 296 Å². The molecular formula is C44H64N2O3. The van der Waals surface area contributed by atoms with Gasteiger partial charge >= 0.3 is 5.97 Å². The number of aromatic carboxylic acids is 1. The van der Waals surface area contributed by atoms with E-state index in [2.05, 4.69) is 64.4 Å². The smallest absolute Gasteiger partial charge is 0.335 e. The molecule has 2 N–H and O–H groups in total. The second kappa shape index (κ2) is 11.5. The number of hydrogen-bond donors (Lipinski definition) is 2. The first-order valence-corrected chi connectivity index (χ1v) is 20.0. The van der Waals surface area contributed by atoms with Gasteiger partial charge in [-0.3, -0.25) is 4.90 Å². The summed E-state index contributed by atoms with van der Waals surface area (Å²) in [5.41, 5.74) is 5.99. The Hall–Kier alpha value is -1.95. The van der Waals surface area contributed by atoms with Crippen LogP contribution in [-0.2, 0) is 4.74 Å². The minimum absolute atomic E-state index is 0.0402. The first-order chi connectivity index (χ1) is 23.2. The van der Waals surface area contributed by atoms with Crippen molar-refractivity contribution in [3.8, 4) is 0 Å². The van der Waals surface area contributed by atoms with E-state index in [0.29, 0.717) is 45.6 Å². The maximum absolute atomic E-state index is 11.6. The van der Waals surface area contributed by atoms with Gasteiger partial charge in [0.15, 0.2) is 0 Å². The Morgan fingerprint density at radius 3 is 2.39 bits per heavy atom. The molecule has 5 saturated carbocycles. The Morgan fingerprint density at radius 1 is 0.939 bits per heavy atom. The number of carbonyl (C=O) groups is 1. The fraction of sp³-hybridized carbons (Fsp3) is 0.750. The zero-order valence-corrected chi connectivity index (χ0v) is 31.5. The zero-order valence-electron chi connectivity index (χ0n) is 31.5. The second-order valence-corrected chi connectivity index (χ2v) is 19.5. The summed E-state index contributed by atoms with van der Waals surface area (Å²) in [4.78, 5) is 14.3. The molecule has 1 heterocycles. The molecular weight excluding hydrogens is 604 g/mol. The molecule has 5 nitrogen and oxygen atoms in total. The van der Waals surface area contributed by atoms with Crippen molar-refractivity contribution in [3.63, 3.8) is 0 Å². The van der Waals surface area contributed by atoms with Gasteiger partial charge in [-0.1, -0.05) is 65.0 Å². The third-order valence-corrected chi connectivity index (χ3v) is 17.3. The van der Waals surface area contributed by atoms with Gasteiger partial charge in [-0.05, 0) is 152 Å². The summed E-state index contributed by atoms with van der Waals surface area (Å²) < 4.78 is 5.90. The number of benzene rings is 1. The van der Waals surface area contributed by atoms with Crippen molar-refractivity contribution in [2.45, 2.75) is 123 Å². The zero-order chi connectivity index (χ0) is 34.6. The van der Waals surface area contributed by atoms with E-state index in [9.17, 15) is 9.90 Å². The molecule has 1 aliphatic heterocycles. The van der Waals surface area contributed by atoms with E-state index in [1.54, 1.807) is 12.1 Å². The number of carboxylic acid groups (broad SMARTS) is 1. The highest BCUT2D eigenvalue weighted by molar-refractivity contribution is 5.88. The number of nitrogens with one attached hydrogen (secondary N) is 1. The summed E-state index contributed by atoms with van der Waals surface area (Å²) in [5.74, 6) is 2.55. The van der Waals surface area contributed by atoms with Gasteiger partial charge in [0.25, 0.3) is 0 Å². The summed E-state index contributed by atoms with van der Waals surface area (Å²) in [6.07, 6.45) is 16.9. The van der Waals surface area contributed by atoms with Crippen LogP contribution in [0.25, 0.3) is 5.57 Å². The van der Waals surface area contributed by atoms with Crippen molar-refractivity contribution in [1.29, 1.82) is 0 Å². The molecule has 1 spiro atoms. The van der Waals surface area contributed by atoms with E-state index in [0.717, 1.165) is 45.2 Å². The number of fused-ring (bicyclic) bond motifs is 7. The molecule has 1 saturated heterocycles. The average molecular weight is 669 g/mol. The van der Waals surface area contributed by atoms with Crippen molar-refractivity contribution in [1.82, 2.24) is 10.2 Å². The summed E-state index contributed by atoms with van der Waals surface area (Å²) in [6, 6.07) is 7.67. The van der Waals surface area contributed by atoms with E-state index in [-0.39, 0.29) is 16.4 Å². The van der Waals surface area contributed by atoms with Gasteiger partial charge in [0.05, 0.1) is 18.8 Å². The average Bonchev–Trinajstić information content (AvgIpc) is 3.71. The number of morpholine rings is 1. The van der Waals surface area contributed by atoms with Gasteiger partial charge in [0.1, 0.15) is 0 Å². The van der Waals surface area contributed by atoms with E-state index < -0.39 is 5.97 Å². The molecule has 49 heavy (non-hydrogen) atoms. The summed E-state index contributed by atoms with van der Waals surface area (Å²) >= 11 is 0. The van der Waals surface area contributed by atoms with Crippen LogP contribution in [0, 0.1) is 51.2 Å². The normalized spacial score (nSPS) is 43.5. The minimum atomic E-state index is -0.853. The maximum Gasteiger partial charge on any atom is 0.335 e. The molecule has 6 fully saturated rings. The van der Waals surface area contributed by atoms with Gasteiger partial charge in [-0.25, -0.2) is 4.79 Å². The molecule has 0 aromatic heterocycles. The summed E-state index contributed by atoms with van der Waals surface area (Å²) in [6.45, 7) is 25.3. The number of hydrogen-bond acceptors (Lipinski definition) is 4. The molecule has 0 bridgehead atoms. The lowest BCUT2D eigenvalue weighted by Crippen LogP contribution is -2.68. The highest BCUT2D eigenvalue weighted by atomic mass is 16.5. The number of ether oxygens (including phenoxy) is 1. The van der Waals surface area contributed by atoms with Crippen LogP contribution >= 0.6 is 0 Å². The maximum atomic E-state index is 11.6. The van der Waals surface area contributed by atoms with Crippen LogP contribution in [0.1, 0.15) is 128 Å². The minimum Gasteiger partial charge on any atom is -0.478 e. The molecule has 268 valence electrons. The Kier molecular flexibility index (Phi) is 8.03. The molecule has 0 unspecified atom stereocenters. The molecule has 7 aliphatic rings. The fourth-order valence-corrected chi connectivity index (χ4v) is 14.5. The molecule has 8 rings (SSSR count). The van der Waals surface area contributed by atoms with Crippen molar-refractivity contribution in [3.05, 3.63) is 53.6 Å². The van der Waals surface area contributed by atoms with Crippen molar-refractivity contribution < 1.29 is 14.6 Å². The van der Waals surface area contributed by atoms with Crippen LogP contribution in [0.5, 0.6) is 0 Å². The largest absolute Gasteiger partial charge is 0.478 e.